The minimum Gasteiger partial charge on any atom is -0.465 e. The summed E-state index contributed by atoms with van der Waals surface area (Å²) in [5, 5.41) is 2.73. The van der Waals surface area contributed by atoms with Crippen molar-refractivity contribution in [3.8, 4) is 0 Å². The highest BCUT2D eigenvalue weighted by Gasteiger charge is 2.66. The number of nitrogens with one attached hydrogen (secondary N) is 1. The molecule has 1 saturated heterocycles. The van der Waals surface area contributed by atoms with E-state index in [2.05, 4.69) is 22.2 Å². The molecular weight excluding hydrogens is 372 g/mol. The molecule has 0 spiro atoms. The molecule has 4 aliphatic carbocycles. The van der Waals surface area contributed by atoms with Crippen LogP contribution in [-0.4, -0.2) is 42.2 Å². The number of hydrogen-bond acceptors (Lipinski definition) is 5. The third kappa shape index (κ3) is 2.79. The van der Waals surface area contributed by atoms with Gasteiger partial charge in [0.25, 0.3) is 0 Å². The molecule has 3 amide bonds. The van der Waals surface area contributed by atoms with Gasteiger partial charge in [-0.2, -0.15) is 0 Å². The zero-order valence-electron chi connectivity index (χ0n) is 16.0. The predicted molar refractivity (Wildman–Crippen MR) is 102 cm³/mol. The standard InChI is InChI=1S/C22H22N2O5/c1-29-22(28)11-2-4-12(5-3-11)23-17(25)8-9-24-20(26)18-13-6-7-14(16-10-15(13)16)19(18)21(24)27/h2-7,13-16,18-19H,8-10H2,1H3,(H,23,25)/t13-,14+,15-,16-,18+,19+/m1/s1. The first-order chi connectivity index (χ1) is 14.0. The maximum Gasteiger partial charge on any atom is 0.337 e. The Morgan fingerprint density at radius 3 is 2.17 bits per heavy atom. The Morgan fingerprint density at radius 2 is 1.62 bits per heavy atom. The molecule has 1 heterocycles. The lowest BCUT2D eigenvalue weighted by atomic mass is 9.63. The van der Waals surface area contributed by atoms with Crippen LogP contribution in [0.1, 0.15) is 23.2 Å². The van der Waals surface area contributed by atoms with Gasteiger partial charge in [0, 0.05) is 18.7 Å². The molecule has 0 unspecified atom stereocenters. The number of imide groups is 1. The maximum atomic E-state index is 12.9. The minimum atomic E-state index is -0.448. The average Bonchev–Trinajstić information content (AvgIpc) is 3.51. The Bertz CT molecular complexity index is 901. The molecule has 6 rings (SSSR count). The third-order valence-corrected chi connectivity index (χ3v) is 6.91. The molecular formula is C22H22N2O5. The van der Waals surface area contributed by atoms with Crippen LogP contribution in [-0.2, 0) is 19.1 Å². The van der Waals surface area contributed by atoms with Gasteiger partial charge in [0.15, 0.2) is 0 Å². The van der Waals surface area contributed by atoms with Crippen LogP contribution in [0.15, 0.2) is 36.4 Å². The maximum absolute atomic E-state index is 12.9. The summed E-state index contributed by atoms with van der Waals surface area (Å²) in [6.07, 6.45) is 5.46. The van der Waals surface area contributed by atoms with Crippen LogP contribution >= 0.6 is 0 Å². The van der Waals surface area contributed by atoms with Gasteiger partial charge in [-0.05, 0) is 54.4 Å². The molecule has 29 heavy (non-hydrogen) atoms. The van der Waals surface area contributed by atoms with Crippen LogP contribution in [0.5, 0.6) is 0 Å². The number of nitrogens with zero attached hydrogens (tertiary/aromatic N) is 1. The SMILES string of the molecule is COC(=O)c1ccc(NC(=O)CCN2C(=O)[C@H]3[C@@H]4C=C[C@@H]([C@H]5C[C@H]45)[C@@H]3C2=O)cc1. The smallest absolute Gasteiger partial charge is 0.337 e. The molecule has 2 bridgehead atoms. The molecule has 1 aromatic rings. The van der Waals surface area contributed by atoms with Gasteiger partial charge in [-0.15, -0.1) is 0 Å². The lowest BCUT2D eigenvalue weighted by molar-refractivity contribution is -0.140. The topological polar surface area (TPSA) is 92.8 Å². The van der Waals surface area contributed by atoms with Crippen molar-refractivity contribution >= 4 is 29.4 Å². The molecule has 0 aromatic heterocycles. The first-order valence-corrected chi connectivity index (χ1v) is 10.0. The van der Waals surface area contributed by atoms with Gasteiger partial charge in [0.1, 0.15) is 0 Å². The summed E-state index contributed by atoms with van der Waals surface area (Å²) >= 11 is 0. The number of carbonyl (C=O) groups is 4. The quantitative estimate of drug-likeness (QED) is 0.467. The number of likely N-dealkylation sites (tertiary alicyclic amines) is 1. The van der Waals surface area contributed by atoms with E-state index < -0.39 is 5.97 Å². The van der Waals surface area contributed by atoms with E-state index in [1.807, 2.05) is 0 Å². The fourth-order valence-electron chi connectivity index (χ4n) is 5.48. The number of hydrogen-bond donors (Lipinski definition) is 1. The Morgan fingerprint density at radius 1 is 1.03 bits per heavy atom. The average molecular weight is 394 g/mol. The second-order valence-corrected chi connectivity index (χ2v) is 8.35. The number of amides is 3. The van der Waals surface area contributed by atoms with E-state index in [1.54, 1.807) is 24.3 Å². The number of methoxy groups -OCH3 is 1. The molecule has 1 N–H and O–H groups in total. The molecule has 7 heteroatoms. The van der Waals surface area contributed by atoms with E-state index in [1.165, 1.54) is 12.0 Å². The number of allylic oxidation sites excluding steroid dienone is 2. The van der Waals surface area contributed by atoms with Crippen LogP contribution in [0.3, 0.4) is 0 Å². The molecule has 5 aliphatic rings. The number of benzene rings is 1. The van der Waals surface area contributed by atoms with Gasteiger partial charge in [-0.25, -0.2) is 4.79 Å². The fourth-order valence-corrected chi connectivity index (χ4v) is 5.48. The summed E-state index contributed by atoms with van der Waals surface area (Å²) in [6.45, 7) is 0.103. The largest absolute Gasteiger partial charge is 0.465 e. The van der Waals surface area contributed by atoms with Crippen molar-refractivity contribution in [1.82, 2.24) is 4.90 Å². The van der Waals surface area contributed by atoms with E-state index >= 15 is 0 Å². The molecule has 7 nitrogen and oxygen atoms in total. The number of rotatable bonds is 5. The van der Waals surface area contributed by atoms with Gasteiger partial charge >= 0.3 is 5.97 Å². The summed E-state index contributed by atoms with van der Waals surface area (Å²) in [5.74, 6) is 0.118. The summed E-state index contributed by atoms with van der Waals surface area (Å²) < 4.78 is 4.64. The molecule has 3 fully saturated rings. The Balaban J connectivity index is 1.20. The van der Waals surface area contributed by atoms with Crippen molar-refractivity contribution in [2.24, 2.45) is 35.5 Å². The molecule has 1 aromatic carbocycles. The van der Waals surface area contributed by atoms with Gasteiger partial charge < -0.3 is 10.1 Å². The van der Waals surface area contributed by atoms with E-state index in [0.29, 0.717) is 23.1 Å². The summed E-state index contributed by atoms with van der Waals surface area (Å²) in [4.78, 5) is 50.9. The van der Waals surface area contributed by atoms with E-state index in [0.717, 1.165) is 6.42 Å². The molecule has 0 radical (unpaired) electrons. The second kappa shape index (κ2) is 6.54. The third-order valence-electron chi connectivity index (χ3n) is 6.91. The molecule has 1 aliphatic heterocycles. The van der Waals surface area contributed by atoms with Gasteiger partial charge in [0.2, 0.25) is 17.7 Å². The zero-order chi connectivity index (χ0) is 20.3. The molecule has 150 valence electrons. The normalized spacial score (nSPS) is 33.3. The highest BCUT2D eigenvalue weighted by Crippen LogP contribution is 2.65. The fraction of sp³-hybridized carbons (Fsp3) is 0.455. The van der Waals surface area contributed by atoms with Gasteiger partial charge in [-0.1, -0.05) is 12.2 Å². The Hall–Kier alpha value is -2.96. The highest BCUT2D eigenvalue weighted by molar-refractivity contribution is 6.06. The second-order valence-electron chi connectivity index (χ2n) is 8.35. The van der Waals surface area contributed by atoms with Gasteiger partial charge in [0.05, 0.1) is 24.5 Å². The minimum absolute atomic E-state index is 0.0469. The first kappa shape index (κ1) is 18.1. The van der Waals surface area contributed by atoms with Crippen LogP contribution in [0.25, 0.3) is 0 Å². The summed E-state index contributed by atoms with van der Waals surface area (Å²) in [5.41, 5.74) is 0.931. The lowest BCUT2D eigenvalue weighted by Gasteiger charge is -2.37. The van der Waals surface area contributed by atoms with Crippen LogP contribution in [0, 0.1) is 35.5 Å². The van der Waals surface area contributed by atoms with Crippen LogP contribution < -0.4 is 5.32 Å². The van der Waals surface area contributed by atoms with Crippen LogP contribution in [0.2, 0.25) is 0 Å². The highest BCUT2D eigenvalue weighted by atomic mass is 16.5. The monoisotopic (exact) mass is 394 g/mol. The van der Waals surface area contributed by atoms with Crippen molar-refractivity contribution in [3.05, 3.63) is 42.0 Å². The Labute approximate surface area is 168 Å². The van der Waals surface area contributed by atoms with Crippen LogP contribution in [0.4, 0.5) is 5.69 Å². The summed E-state index contributed by atoms with van der Waals surface area (Å²) in [6, 6.07) is 6.35. The van der Waals surface area contributed by atoms with Crippen molar-refractivity contribution in [2.75, 3.05) is 19.0 Å². The van der Waals surface area contributed by atoms with Crippen molar-refractivity contribution in [2.45, 2.75) is 12.8 Å². The number of ether oxygens (including phenoxy) is 1. The zero-order valence-corrected chi connectivity index (χ0v) is 16.0. The predicted octanol–water partition coefficient (Wildman–Crippen LogP) is 1.85. The number of anilines is 1. The molecule has 6 atom stereocenters. The van der Waals surface area contributed by atoms with E-state index in [4.69, 9.17) is 0 Å². The number of esters is 1. The van der Waals surface area contributed by atoms with Gasteiger partial charge in [-0.3, -0.25) is 19.3 Å². The lowest BCUT2D eigenvalue weighted by Crippen LogP contribution is -2.40. The van der Waals surface area contributed by atoms with E-state index in [9.17, 15) is 19.2 Å². The first-order valence-electron chi connectivity index (χ1n) is 10.0. The van der Waals surface area contributed by atoms with Crippen molar-refractivity contribution < 1.29 is 23.9 Å². The Kier molecular flexibility index (Phi) is 4.08. The van der Waals surface area contributed by atoms with Crippen molar-refractivity contribution in [1.29, 1.82) is 0 Å². The van der Waals surface area contributed by atoms with Crippen molar-refractivity contribution in [3.63, 3.8) is 0 Å². The summed E-state index contributed by atoms with van der Waals surface area (Å²) in [7, 11) is 1.31. The molecule has 2 saturated carbocycles. The van der Waals surface area contributed by atoms with E-state index in [-0.39, 0.29) is 54.4 Å². The number of carbonyl (C=O) groups excluding carboxylic acids is 4.